The molecule has 2 aliphatic rings. The highest BCUT2D eigenvalue weighted by molar-refractivity contribution is 5.94. The first-order valence-corrected chi connectivity index (χ1v) is 14.9. The molecule has 0 aliphatic heterocycles. The number of allylic oxidation sites excluding steroid dienone is 24. The van der Waals surface area contributed by atoms with E-state index in [4.69, 9.17) is 0 Å². The van der Waals surface area contributed by atoms with Crippen LogP contribution in [0.4, 0.5) is 0 Å². The summed E-state index contributed by atoms with van der Waals surface area (Å²) in [5, 5.41) is 0. The zero-order valence-corrected chi connectivity index (χ0v) is 27.5. The number of hydrogen-bond acceptors (Lipinski definition) is 2. The van der Waals surface area contributed by atoms with Gasteiger partial charge in [-0.25, -0.2) is 0 Å². The second-order valence-electron chi connectivity index (χ2n) is 12.9. The van der Waals surface area contributed by atoms with Gasteiger partial charge in [-0.15, -0.1) is 0 Å². The third-order valence-electron chi connectivity index (χ3n) is 7.59. The maximum atomic E-state index is 11.9. The van der Waals surface area contributed by atoms with Crippen molar-refractivity contribution in [2.75, 3.05) is 0 Å². The zero-order chi connectivity index (χ0) is 31.5. The fourth-order valence-corrected chi connectivity index (χ4v) is 5.35. The van der Waals surface area contributed by atoms with Gasteiger partial charge in [0.2, 0.25) is 0 Å². The summed E-state index contributed by atoms with van der Waals surface area (Å²) >= 11 is 0. The first kappa shape index (κ1) is 34.4. The Morgan fingerprint density at radius 1 is 0.548 bits per heavy atom. The second kappa shape index (κ2) is 15.4. The van der Waals surface area contributed by atoms with E-state index < -0.39 is 0 Å². The SMILES string of the molecule is CC1=CC(=O)CC(C)(C)/C1=C/C=C(C)\C=C\C=C(C)/C=C/C=C/C(C)=C\C=C\C(C)=C/C=C1\C(C)=CC(=O)CC1(C)C. The molecule has 2 heteroatoms. The number of carbonyl (C=O) groups excluding carboxylic acids is 2. The van der Waals surface area contributed by atoms with Gasteiger partial charge in [0.1, 0.15) is 0 Å². The maximum absolute atomic E-state index is 11.9. The average molecular weight is 563 g/mol. The van der Waals surface area contributed by atoms with E-state index in [9.17, 15) is 9.59 Å². The summed E-state index contributed by atoms with van der Waals surface area (Å²) in [6.07, 6.45) is 34.0. The van der Waals surface area contributed by atoms with Crippen molar-refractivity contribution in [3.05, 3.63) is 142 Å². The molecule has 2 nitrogen and oxygen atoms in total. The van der Waals surface area contributed by atoms with Crippen LogP contribution in [0, 0.1) is 10.8 Å². The van der Waals surface area contributed by atoms with E-state index in [0.29, 0.717) is 12.8 Å². The predicted octanol–water partition coefficient (Wildman–Crippen LogP) is 10.7. The van der Waals surface area contributed by atoms with E-state index in [2.05, 4.69) is 140 Å². The Labute approximate surface area is 255 Å². The summed E-state index contributed by atoms with van der Waals surface area (Å²) in [5.74, 6) is 0.421. The summed E-state index contributed by atoms with van der Waals surface area (Å²) in [6, 6.07) is 0. The topological polar surface area (TPSA) is 34.1 Å². The third-order valence-corrected chi connectivity index (χ3v) is 7.59. The van der Waals surface area contributed by atoms with Gasteiger partial charge < -0.3 is 0 Å². The Morgan fingerprint density at radius 2 is 0.857 bits per heavy atom. The van der Waals surface area contributed by atoms with Crippen LogP contribution in [0.2, 0.25) is 0 Å². The molecule has 0 amide bonds. The summed E-state index contributed by atoms with van der Waals surface area (Å²) < 4.78 is 0. The van der Waals surface area contributed by atoms with Crippen LogP contribution in [0.15, 0.2) is 142 Å². The van der Waals surface area contributed by atoms with E-state index >= 15 is 0 Å². The Balaban J connectivity index is 1.93. The number of carbonyl (C=O) groups is 2. The van der Waals surface area contributed by atoms with Gasteiger partial charge in [-0.3, -0.25) is 9.59 Å². The molecule has 0 unspecified atom stereocenters. The van der Waals surface area contributed by atoms with Gasteiger partial charge in [0.25, 0.3) is 0 Å². The van der Waals surface area contributed by atoms with Crippen LogP contribution in [0.1, 0.15) is 82.1 Å². The van der Waals surface area contributed by atoms with Gasteiger partial charge in [-0.1, -0.05) is 135 Å². The van der Waals surface area contributed by atoms with Crippen LogP contribution < -0.4 is 0 Å². The van der Waals surface area contributed by atoms with Crippen molar-refractivity contribution < 1.29 is 9.59 Å². The molecule has 2 rings (SSSR count). The van der Waals surface area contributed by atoms with Crippen LogP contribution >= 0.6 is 0 Å². The molecule has 0 aromatic carbocycles. The Kier molecular flexibility index (Phi) is 12.7. The third kappa shape index (κ3) is 11.2. The van der Waals surface area contributed by atoms with Crippen molar-refractivity contribution >= 4 is 11.6 Å². The monoisotopic (exact) mass is 562 g/mol. The van der Waals surface area contributed by atoms with Crippen molar-refractivity contribution in [3.63, 3.8) is 0 Å². The van der Waals surface area contributed by atoms with Crippen molar-refractivity contribution in [2.45, 2.75) is 82.1 Å². The first-order chi connectivity index (χ1) is 19.6. The smallest absolute Gasteiger partial charge is 0.156 e. The predicted molar refractivity (Wildman–Crippen MR) is 182 cm³/mol. The minimum absolute atomic E-state index is 0.128. The Hall–Kier alpha value is -3.78. The molecule has 0 spiro atoms. The zero-order valence-electron chi connectivity index (χ0n) is 27.5. The number of rotatable bonds is 9. The van der Waals surface area contributed by atoms with Gasteiger partial charge in [0.15, 0.2) is 11.6 Å². The molecule has 0 saturated carbocycles. The molecule has 222 valence electrons. The fraction of sp³-hybridized carbons (Fsp3) is 0.350. The van der Waals surface area contributed by atoms with E-state index in [1.54, 1.807) is 12.2 Å². The minimum Gasteiger partial charge on any atom is -0.295 e. The van der Waals surface area contributed by atoms with Crippen LogP contribution in [-0.4, -0.2) is 11.6 Å². The molecule has 0 fully saturated rings. The quantitative estimate of drug-likeness (QED) is 0.262. The van der Waals surface area contributed by atoms with Crippen molar-refractivity contribution in [1.82, 2.24) is 0 Å². The largest absolute Gasteiger partial charge is 0.295 e. The lowest BCUT2D eigenvalue weighted by molar-refractivity contribution is -0.117. The van der Waals surface area contributed by atoms with E-state index in [-0.39, 0.29) is 22.4 Å². The van der Waals surface area contributed by atoms with Crippen molar-refractivity contribution in [1.29, 1.82) is 0 Å². The highest BCUT2D eigenvalue weighted by atomic mass is 16.1. The summed E-state index contributed by atoms with van der Waals surface area (Å²) in [5.41, 5.74) is 8.98. The van der Waals surface area contributed by atoms with E-state index in [0.717, 1.165) is 22.3 Å². The molecule has 0 aromatic rings. The van der Waals surface area contributed by atoms with Crippen LogP contribution in [0.25, 0.3) is 0 Å². The van der Waals surface area contributed by atoms with Gasteiger partial charge in [0.05, 0.1) is 0 Å². The van der Waals surface area contributed by atoms with E-state index in [1.807, 2.05) is 13.8 Å². The van der Waals surface area contributed by atoms with Crippen LogP contribution in [0.3, 0.4) is 0 Å². The highest BCUT2D eigenvalue weighted by Crippen LogP contribution is 2.40. The summed E-state index contributed by atoms with van der Waals surface area (Å²) in [7, 11) is 0. The normalized spacial score (nSPS) is 22.9. The lowest BCUT2D eigenvalue weighted by atomic mass is 9.72. The molecule has 0 N–H and O–H groups in total. The van der Waals surface area contributed by atoms with Gasteiger partial charge in [-0.2, -0.15) is 0 Å². The van der Waals surface area contributed by atoms with Crippen molar-refractivity contribution in [3.8, 4) is 0 Å². The Bertz CT molecular complexity index is 1310. The fourth-order valence-electron chi connectivity index (χ4n) is 5.35. The molecule has 42 heavy (non-hydrogen) atoms. The molecule has 0 heterocycles. The van der Waals surface area contributed by atoms with E-state index in [1.165, 1.54) is 22.3 Å². The minimum atomic E-state index is -0.128. The lowest BCUT2D eigenvalue weighted by Crippen LogP contribution is -2.24. The molecular weight excluding hydrogens is 512 g/mol. The maximum Gasteiger partial charge on any atom is 0.156 e. The lowest BCUT2D eigenvalue weighted by Gasteiger charge is -2.31. The molecule has 0 bridgehead atoms. The highest BCUT2D eigenvalue weighted by Gasteiger charge is 2.31. The number of ketones is 2. The summed E-state index contributed by atoms with van der Waals surface area (Å²) in [6.45, 7) is 20.9. The molecule has 0 saturated heterocycles. The van der Waals surface area contributed by atoms with Gasteiger partial charge in [-0.05, 0) is 86.8 Å². The molecular formula is C40H50O2. The number of hydrogen-bond donors (Lipinski definition) is 0. The average Bonchev–Trinajstić information content (AvgIpc) is 2.84. The van der Waals surface area contributed by atoms with Gasteiger partial charge >= 0.3 is 0 Å². The molecule has 0 aromatic heterocycles. The second-order valence-corrected chi connectivity index (χ2v) is 12.9. The first-order valence-electron chi connectivity index (χ1n) is 14.9. The Morgan fingerprint density at radius 3 is 1.19 bits per heavy atom. The molecule has 0 radical (unpaired) electrons. The summed E-state index contributed by atoms with van der Waals surface area (Å²) in [4.78, 5) is 23.8. The van der Waals surface area contributed by atoms with Crippen molar-refractivity contribution in [2.24, 2.45) is 10.8 Å². The molecule has 2 aliphatic carbocycles. The van der Waals surface area contributed by atoms with Crippen LogP contribution in [-0.2, 0) is 9.59 Å². The standard InChI is InChI=1S/C40H50O2/c1-29(17-13-19-31(3)21-23-37-33(5)25-35(41)27-39(37,7)8)15-11-12-16-30(2)18-14-20-32(4)22-24-38-34(6)26-36(42)28-40(38,9)10/h11-26H,27-28H2,1-10H3/b15-11+,16-12+,19-13+,20-14+,29-17-,30-18-,31-21-,32-22-,37-23+,38-24+. The molecule has 0 atom stereocenters. The van der Waals surface area contributed by atoms with Gasteiger partial charge in [0, 0.05) is 12.8 Å². The van der Waals surface area contributed by atoms with Crippen LogP contribution in [0.5, 0.6) is 0 Å².